The van der Waals surface area contributed by atoms with Crippen molar-refractivity contribution in [2.24, 2.45) is 17.1 Å². The van der Waals surface area contributed by atoms with Crippen LogP contribution in [0.1, 0.15) is 26.7 Å². The average molecular weight is 239 g/mol. The number of piperazine rings is 1. The van der Waals surface area contributed by atoms with Crippen LogP contribution in [0.2, 0.25) is 0 Å². The molecule has 0 bridgehead atoms. The van der Waals surface area contributed by atoms with Gasteiger partial charge < -0.3 is 15.5 Å². The summed E-state index contributed by atoms with van der Waals surface area (Å²) in [6.45, 7) is 7.66. The standard InChI is InChI=1S/C13H25N3O/c1-10-6-13(7-10,9-14)12(17)16-5-4-15(3)8-11(16)2/h10-11H,4-9,14H2,1-3H3. The largest absolute Gasteiger partial charge is 0.337 e. The molecular formula is C13H25N3O. The highest BCUT2D eigenvalue weighted by molar-refractivity contribution is 5.84. The minimum absolute atomic E-state index is 0.233. The van der Waals surface area contributed by atoms with Gasteiger partial charge in [-0.05, 0) is 32.7 Å². The molecule has 0 spiro atoms. The van der Waals surface area contributed by atoms with Gasteiger partial charge in [0.2, 0.25) is 5.91 Å². The molecule has 2 N–H and O–H groups in total. The lowest BCUT2D eigenvalue weighted by atomic mass is 9.61. The van der Waals surface area contributed by atoms with Gasteiger partial charge >= 0.3 is 0 Å². The topological polar surface area (TPSA) is 49.6 Å². The number of likely N-dealkylation sites (N-methyl/N-ethyl adjacent to an activating group) is 1. The molecule has 1 saturated heterocycles. The van der Waals surface area contributed by atoms with E-state index in [4.69, 9.17) is 5.73 Å². The highest BCUT2D eigenvalue weighted by atomic mass is 16.2. The number of rotatable bonds is 2. The second kappa shape index (κ2) is 4.58. The van der Waals surface area contributed by atoms with Crippen molar-refractivity contribution in [2.45, 2.75) is 32.7 Å². The molecule has 1 atom stereocenters. The first-order valence-corrected chi connectivity index (χ1v) is 6.68. The van der Waals surface area contributed by atoms with Crippen LogP contribution in [0.5, 0.6) is 0 Å². The smallest absolute Gasteiger partial charge is 0.230 e. The molecule has 98 valence electrons. The Balaban J connectivity index is 2.04. The van der Waals surface area contributed by atoms with Crippen molar-refractivity contribution >= 4 is 5.91 Å². The molecule has 1 aliphatic carbocycles. The van der Waals surface area contributed by atoms with Crippen molar-refractivity contribution in [3.63, 3.8) is 0 Å². The maximum atomic E-state index is 12.6. The fraction of sp³-hybridized carbons (Fsp3) is 0.923. The van der Waals surface area contributed by atoms with E-state index in [0.717, 1.165) is 32.5 Å². The van der Waals surface area contributed by atoms with Crippen LogP contribution in [0.25, 0.3) is 0 Å². The molecule has 0 aromatic carbocycles. The third-order valence-corrected chi connectivity index (χ3v) is 4.41. The number of hydrogen-bond acceptors (Lipinski definition) is 3. The molecule has 1 unspecified atom stereocenters. The van der Waals surface area contributed by atoms with Gasteiger partial charge in [-0.15, -0.1) is 0 Å². The molecule has 4 heteroatoms. The summed E-state index contributed by atoms with van der Waals surface area (Å²) in [5.74, 6) is 0.962. The number of hydrogen-bond donors (Lipinski definition) is 1. The minimum Gasteiger partial charge on any atom is -0.337 e. The van der Waals surface area contributed by atoms with Crippen molar-refractivity contribution in [3.8, 4) is 0 Å². The number of carbonyl (C=O) groups excluding carboxylic acids is 1. The van der Waals surface area contributed by atoms with Crippen LogP contribution >= 0.6 is 0 Å². The lowest BCUT2D eigenvalue weighted by molar-refractivity contribution is -0.154. The van der Waals surface area contributed by atoms with E-state index in [9.17, 15) is 4.79 Å². The molecule has 2 rings (SSSR count). The van der Waals surface area contributed by atoms with E-state index in [1.54, 1.807) is 0 Å². The van der Waals surface area contributed by atoms with Crippen molar-refractivity contribution in [3.05, 3.63) is 0 Å². The second-order valence-electron chi connectivity index (χ2n) is 6.11. The number of nitrogens with two attached hydrogens (primary N) is 1. The van der Waals surface area contributed by atoms with Gasteiger partial charge in [0, 0.05) is 32.2 Å². The summed E-state index contributed by atoms with van der Waals surface area (Å²) in [5.41, 5.74) is 5.62. The minimum atomic E-state index is -0.233. The van der Waals surface area contributed by atoms with Crippen molar-refractivity contribution < 1.29 is 4.79 Å². The van der Waals surface area contributed by atoms with Crippen molar-refractivity contribution in [1.82, 2.24) is 9.80 Å². The highest BCUT2D eigenvalue weighted by Gasteiger charge is 2.49. The van der Waals surface area contributed by atoms with Crippen LogP contribution < -0.4 is 5.73 Å². The SMILES string of the molecule is CC1CC(CN)(C(=O)N2CCN(C)CC2C)C1. The van der Waals surface area contributed by atoms with Crippen LogP contribution in [-0.2, 0) is 4.79 Å². The Morgan fingerprint density at radius 3 is 2.47 bits per heavy atom. The normalized spacial score (nSPS) is 38.9. The fourth-order valence-electron chi connectivity index (χ4n) is 3.45. The van der Waals surface area contributed by atoms with Crippen molar-refractivity contribution in [1.29, 1.82) is 0 Å². The maximum absolute atomic E-state index is 12.6. The Hall–Kier alpha value is -0.610. The summed E-state index contributed by atoms with van der Waals surface area (Å²) in [6, 6.07) is 0.320. The molecule has 1 heterocycles. The van der Waals surface area contributed by atoms with Gasteiger partial charge in [-0.2, -0.15) is 0 Å². The maximum Gasteiger partial charge on any atom is 0.230 e. The predicted octanol–water partition coefficient (Wildman–Crippen LogP) is 0.524. The van der Waals surface area contributed by atoms with E-state index in [2.05, 4.69) is 30.7 Å². The number of carbonyl (C=O) groups is 1. The van der Waals surface area contributed by atoms with Gasteiger partial charge in [-0.3, -0.25) is 4.79 Å². The van der Waals surface area contributed by atoms with Crippen LogP contribution in [0.3, 0.4) is 0 Å². The Morgan fingerprint density at radius 2 is 2.00 bits per heavy atom. The van der Waals surface area contributed by atoms with Crippen LogP contribution in [0, 0.1) is 11.3 Å². The van der Waals surface area contributed by atoms with E-state index >= 15 is 0 Å². The molecule has 17 heavy (non-hydrogen) atoms. The van der Waals surface area contributed by atoms with E-state index in [1.165, 1.54) is 0 Å². The number of nitrogens with zero attached hydrogens (tertiary/aromatic N) is 2. The fourth-order valence-corrected chi connectivity index (χ4v) is 3.45. The highest BCUT2D eigenvalue weighted by Crippen LogP contribution is 2.46. The zero-order valence-corrected chi connectivity index (χ0v) is 11.3. The molecule has 0 aromatic rings. The Labute approximate surface area is 104 Å². The Morgan fingerprint density at radius 1 is 1.35 bits per heavy atom. The molecule has 2 aliphatic rings. The number of amides is 1. The van der Waals surface area contributed by atoms with E-state index in [1.807, 2.05) is 0 Å². The summed E-state index contributed by atoms with van der Waals surface area (Å²) in [7, 11) is 2.11. The van der Waals surface area contributed by atoms with Crippen LogP contribution in [0.4, 0.5) is 0 Å². The van der Waals surface area contributed by atoms with Crippen LogP contribution in [-0.4, -0.2) is 55.0 Å². The first-order chi connectivity index (χ1) is 7.98. The molecule has 2 fully saturated rings. The van der Waals surface area contributed by atoms with Gasteiger partial charge in [0.05, 0.1) is 5.41 Å². The van der Waals surface area contributed by atoms with Crippen LogP contribution in [0.15, 0.2) is 0 Å². The lowest BCUT2D eigenvalue weighted by Crippen LogP contribution is -2.61. The van der Waals surface area contributed by atoms with Gasteiger partial charge in [0.25, 0.3) is 0 Å². The van der Waals surface area contributed by atoms with Gasteiger partial charge in [-0.1, -0.05) is 6.92 Å². The molecule has 4 nitrogen and oxygen atoms in total. The summed E-state index contributed by atoms with van der Waals surface area (Å²) < 4.78 is 0. The molecule has 0 aromatic heterocycles. The molecule has 1 saturated carbocycles. The average Bonchev–Trinajstić information content (AvgIpc) is 2.23. The first kappa shape index (κ1) is 12.8. The summed E-state index contributed by atoms with van der Waals surface area (Å²) in [6.07, 6.45) is 1.95. The monoisotopic (exact) mass is 239 g/mol. The molecule has 1 aliphatic heterocycles. The van der Waals surface area contributed by atoms with E-state index < -0.39 is 0 Å². The zero-order valence-electron chi connectivity index (χ0n) is 11.3. The molecular weight excluding hydrogens is 214 g/mol. The van der Waals surface area contributed by atoms with E-state index in [-0.39, 0.29) is 5.41 Å². The first-order valence-electron chi connectivity index (χ1n) is 6.68. The van der Waals surface area contributed by atoms with Gasteiger partial charge in [0.15, 0.2) is 0 Å². The van der Waals surface area contributed by atoms with Gasteiger partial charge in [0.1, 0.15) is 0 Å². The van der Waals surface area contributed by atoms with Crippen molar-refractivity contribution in [2.75, 3.05) is 33.2 Å². The van der Waals surface area contributed by atoms with E-state index in [0.29, 0.717) is 24.4 Å². The lowest BCUT2D eigenvalue weighted by Gasteiger charge is -2.49. The third-order valence-electron chi connectivity index (χ3n) is 4.41. The second-order valence-corrected chi connectivity index (χ2v) is 6.11. The summed E-state index contributed by atoms with van der Waals surface area (Å²) in [5, 5.41) is 0. The third kappa shape index (κ3) is 2.20. The zero-order chi connectivity index (χ0) is 12.6. The summed E-state index contributed by atoms with van der Waals surface area (Å²) >= 11 is 0. The molecule has 1 amide bonds. The van der Waals surface area contributed by atoms with Gasteiger partial charge in [-0.25, -0.2) is 0 Å². The quantitative estimate of drug-likeness (QED) is 0.764. The Bertz CT molecular complexity index is 299. The Kier molecular flexibility index (Phi) is 3.46. The molecule has 0 radical (unpaired) electrons. The predicted molar refractivity (Wildman–Crippen MR) is 68.6 cm³/mol. The summed E-state index contributed by atoms with van der Waals surface area (Å²) in [4.78, 5) is 17.0.